The second-order valence-electron chi connectivity index (χ2n) is 6.99. The Balaban J connectivity index is 1.86. The van der Waals surface area contributed by atoms with E-state index in [2.05, 4.69) is 5.32 Å². The van der Waals surface area contributed by atoms with Gasteiger partial charge in [0.1, 0.15) is 5.75 Å². The van der Waals surface area contributed by atoms with Gasteiger partial charge in [-0.1, -0.05) is 19.1 Å². The van der Waals surface area contributed by atoms with E-state index in [1.165, 1.54) is 14.2 Å². The Morgan fingerprint density at radius 2 is 1.81 bits per heavy atom. The number of nitriles is 1. The molecule has 8 nitrogen and oxygen atoms in total. The predicted molar refractivity (Wildman–Crippen MR) is 121 cm³/mol. The molecule has 0 aliphatic carbocycles. The Hall–Kier alpha value is -3.73. The van der Waals surface area contributed by atoms with Crippen LogP contribution in [0.3, 0.4) is 0 Å². The number of methoxy groups -OCH3 is 2. The summed E-state index contributed by atoms with van der Waals surface area (Å²) in [5, 5.41) is 11.8. The zero-order valence-electron chi connectivity index (χ0n) is 18.7. The molecule has 0 aliphatic heterocycles. The van der Waals surface area contributed by atoms with Crippen LogP contribution >= 0.6 is 0 Å². The molecular formula is C24H29N3O5. The number of hydrogen-bond acceptors (Lipinski definition) is 6. The van der Waals surface area contributed by atoms with Crippen LogP contribution < -0.4 is 19.5 Å². The molecule has 2 amide bonds. The van der Waals surface area contributed by atoms with Gasteiger partial charge in [0.25, 0.3) is 0 Å². The molecule has 32 heavy (non-hydrogen) atoms. The first-order chi connectivity index (χ1) is 15.5. The summed E-state index contributed by atoms with van der Waals surface area (Å²) in [6.07, 6.45) is 1.48. The fraction of sp³-hybridized carbons (Fsp3) is 0.375. The van der Waals surface area contributed by atoms with Gasteiger partial charge in [-0.15, -0.1) is 0 Å². The minimum Gasteiger partial charge on any atom is -0.495 e. The molecule has 0 saturated heterocycles. The number of para-hydroxylation sites is 2. The lowest BCUT2D eigenvalue weighted by atomic mass is 10.2. The lowest BCUT2D eigenvalue weighted by molar-refractivity contribution is -0.134. The normalized spacial score (nSPS) is 10.1. The summed E-state index contributed by atoms with van der Waals surface area (Å²) >= 11 is 0. The van der Waals surface area contributed by atoms with E-state index in [-0.39, 0.29) is 24.8 Å². The van der Waals surface area contributed by atoms with Crippen LogP contribution in [0.4, 0.5) is 5.69 Å². The molecule has 0 aromatic heterocycles. The summed E-state index contributed by atoms with van der Waals surface area (Å²) < 4.78 is 16.2. The Morgan fingerprint density at radius 3 is 2.50 bits per heavy atom. The van der Waals surface area contributed by atoms with Crippen molar-refractivity contribution in [3.63, 3.8) is 0 Å². The molecule has 0 unspecified atom stereocenters. The molecule has 2 aromatic carbocycles. The molecule has 170 valence electrons. The maximum Gasteiger partial charge on any atom is 0.244 e. The van der Waals surface area contributed by atoms with E-state index >= 15 is 0 Å². The topological polar surface area (TPSA) is 101 Å². The number of carbonyl (C=O) groups excluding carboxylic acids is 2. The molecule has 0 radical (unpaired) electrons. The van der Waals surface area contributed by atoms with Crippen molar-refractivity contribution in [1.82, 2.24) is 4.90 Å². The van der Waals surface area contributed by atoms with Crippen LogP contribution in [0.15, 0.2) is 42.5 Å². The molecule has 0 bridgehead atoms. The van der Waals surface area contributed by atoms with Gasteiger partial charge in [-0.25, -0.2) is 0 Å². The van der Waals surface area contributed by atoms with E-state index in [0.29, 0.717) is 48.1 Å². The number of nitrogens with one attached hydrogen (secondary N) is 1. The van der Waals surface area contributed by atoms with Crippen molar-refractivity contribution in [2.24, 2.45) is 0 Å². The van der Waals surface area contributed by atoms with E-state index in [1.807, 2.05) is 19.1 Å². The van der Waals surface area contributed by atoms with Crippen LogP contribution in [0.5, 0.6) is 17.2 Å². The van der Waals surface area contributed by atoms with Crippen molar-refractivity contribution in [2.75, 3.05) is 39.2 Å². The van der Waals surface area contributed by atoms with Crippen molar-refractivity contribution in [2.45, 2.75) is 26.2 Å². The summed E-state index contributed by atoms with van der Waals surface area (Å²) in [4.78, 5) is 26.7. The highest BCUT2D eigenvalue weighted by Crippen LogP contribution is 2.28. The zero-order chi connectivity index (χ0) is 23.3. The number of amides is 2. The number of anilines is 1. The van der Waals surface area contributed by atoms with Gasteiger partial charge >= 0.3 is 0 Å². The fourth-order valence-corrected chi connectivity index (χ4v) is 3.09. The summed E-state index contributed by atoms with van der Waals surface area (Å²) in [5.74, 6) is 1.15. The largest absolute Gasteiger partial charge is 0.495 e. The number of benzene rings is 2. The molecule has 1 N–H and O–H groups in total. The first kappa shape index (κ1) is 24.5. The van der Waals surface area contributed by atoms with Crippen LogP contribution in [0.2, 0.25) is 0 Å². The van der Waals surface area contributed by atoms with Crippen molar-refractivity contribution in [3.8, 4) is 23.3 Å². The van der Waals surface area contributed by atoms with Crippen LogP contribution in [0.25, 0.3) is 0 Å². The highest BCUT2D eigenvalue weighted by molar-refractivity contribution is 5.95. The average Bonchev–Trinajstić information content (AvgIpc) is 2.81. The van der Waals surface area contributed by atoms with Crippen molar-refractivity contribution in [1.29, 1.82) is 5.26 Å². The average molecular weight is 440 g/mol. The maximum atomic E-state index is 12.7. The standard InChI is InChI=1S/C24H29N3O5/c1-4-13-27(17-23(28)26-19-8-5-6-9-20(19)30-2)24(29)10-7-14-32-21-12-11-18(16-25)15-22(21)31-3/h5-6,8-9,11-12,15H,4,7,10,13-14,17H2,1-3H3,(H,26,28). The quantitative estimate of drug-likeness (QED) is 0.507. The van der Waals surface area contributed by atoms with Crippen molar-refractivity contribution < 1.29 is 23.8 Å². The van der Waals surface area contributed by atoms with Crippen molar-refractivity contribution >= 4 is 17.5 Å². The van der Waals surface area contributed by atoms with Gasteiger partial charge in [-0.2, -0.15) is 5.26 Å². The van der Waals surface area contributed by atoms with Gasteiger partial charge < -0.3 is 24.4 Å². The summed E-state index contributed by atoms with van der Waals surface area (Å²) in [6, 6.07) is 14.1. The molecule has 0 spiro atoms. The Morgan fingerprint density at radius 1 is 1.06 bits per heavy atom. The van der Waals surface area contributed by atoms with Gasteiger partial charge in [0.15, 0.2) is 11.5 Å². The molecule has 0 aliphatic rings. The number of ether oxygens (including phenoxy) is 3. The third-order valence-electron chi connectivity index (χ3n) is 4.65. The minimum absolute atomic E-state index is 0.0327. The molecule has 0 heterocycles. The lowest BCUT2D eigenvalue weighted by Crippen LogP contribution is -2.38. The van der Waals surface area contributed by atoms with Gasteiger partial charge in [-0.05, 0) is 37.1 Å². The summed E-state index contributed by atoms with van der Waals surface area (Å²) in [5.41, 5.74) is 1.04. The molecule has 2 aromatic rings. The summed E-state index contributed by atoms with van der Waals surface area (Å²) in [7, 11) is 3.04. The lowest BCUT2D eigenvalue weighted by Gasteiger charge is -2.22. The highest BCUT2D eigenvalue weighted by atomic mass is 16.5. The SMILES string of the molecule is CCCN(CC(=O)Nc1ccccc1OC)C(=O)CCCOc1ccc(C#N)cc1OC. The van der Waals surface area contributed by atoms with Crippen LogP contribution in [0, 0.1) is 11.3 Å². The number of rotatable bonds is 12. The minimum atomic E-state index is -0.283. The van der Waals surface area contributed by atoms with Gasteiger partial charge in [0.2, 0.25) is 11.8 Å². The zero-order valence-corrected chi connectivity index (χ0v) is 18.7. The van der Waals surface area contributed by atoms with E-state index in [0.717, 1.165) is 6.42 Å². The molecule has 2 rings (SSSR count). The van der Waals surface area contributed by atoms with Gasteiger partial charge in [-0.3, -0.25) is 9.59 Å². The highest BCUT2D eigenvalue weighted by Gasteiger charge is 2.17. The molecule has 0 atom stereocenters. The van der Waals surface area contributed by atoms with Gasteiger partial charge in [0.05, 0.1) is 44.7 Å². The van der Waals surface area contributed by atoms with Crippen LogP contribution in [0.1, 0.15) is 31.7 Å². The van der Waals surface area contributed by atoms with E-state index in [9.17, 15) is 9.59 Å². The second kappa shape index (κ2) is 12.8. The molecular weight excluding hydrogens is 410 g/mol. The number of hydrogen-bond donors (Lipinski definition) is 1. The Kier molecular flexibility index (Phi) is 9.85. The smallest absolute Gasteiger partial charge is 0.244 e. The third kappa shape index (κ3) is 7.20. The molecule has 0 saturated carbocycles. The van der Waals surface area contributed by atoms with Gasteiger partial charge in [0, 0.05) is 19.0 Å². The third-order valence-corrected chi connectivity index (χ3v) is 4.65. The van der Waals surface area contributed by atoms with Crippen LogP contribution in [-0.2, 0) is 9.59 Å². The first-order valence-corrected chi connectivity index (χ1v) is 10.4. The Bertz CT molecular complexity index is 955. The number of nitrogens with zero attached hydrogens (tertiary/aromatic N) is 2. The number of carbonyl (C=O) groups is 2. The summed E-state index contributed by atoms with van der Waals surface area (Å²) in [6.45, 7) is 2.72. The monoisotopic (exact) mass is 439 g/mol. The Labute approximate surface area is 188 Å². The molecule has 8 heteroatoms. The van der Waals surface area contributed by atoms with Crippen LogP contribution in [-0.4, -0.2) is 50.6 Å². The first-order valence-electron chi connectivity index (χ1n) is 10.4. The van der Waals surface area contributed by atoms with Crippen molar-refractivity contribution in [3.05, 3.63) is 48.0 Å². The van der Waals surface area contributed by atoms with E-state index in [4.69, 9.17) is 19.5 Å². The molecule has 0 fully saturated rings. The second-order valence-corrected chi connectivity index (χ2v) is 6.99. The fourth-order valence-electron chi connectivity index (χ4n) is 3.09. The predicted octanol–water partition coefficient (Wildman–Crippen LogP) is 3.61. The van der Waals surface area contributed by atoms with E-state index in [1.54, 1.807) is 41.3 Å². The maximum absolute atomic E-state index is 12.7. The van der Waals surface area contributed by atoms with E-state index < -0.39 is 0 Å².